The van der Waals surface area contributed by atoms with E-state index in [9.17, 15) is 4.79 Å². The van der Waals surface area contributed by atoms with Gasteiger partial charge >= 0.3 is 0 Å². The van der Waals surface area contributed by atoms with Crippen molar-refractivity contribution < 1.29 is 9.21 Å². The van der Waals surface area contributed by atoms with E-state index >= 15 is 0 Å². The molecule has 2 aromatic carbocycles. The molecule has 1 fully saturated rings. The minimum Gasteiger partial charge on any atom is -0.457 e. The zero-order chi connectivity index (χ0) is 20.5. The lowest BCUT2D eigenvalue weighted by atomic mass is 10.1. The largest absolute Gasteiger partial charge is 0.457 e. The second kappa shape index (κ2) is 8.11. The Labute approximate surface area is 182 Å². The van der Waals surface area contributed by atoms with Gasteiger partial charge in [-0.25, -0.2) is 4.99 Å². The van der Waals surface area contributed by atoms with E-state index in [1.54, 1.807) is 36.4 Å². The number of aryl methyl sites for hydroxylation is 2. The smallest absolute Gasteiger partial charge is 0.289 e. The van der Waals surface area contributed by atoms with Gasteiger partial charge in [0, 0.05) is 0 Å². The maximum Gasteiger partial charge on any atom is 0.289 e. The summed E-state index contributed by atoms with van der Waals surface area (Å²) in [7, 11) is 0. The molecule has 2 heterocycles. The number of carbonyl (C=O) groups is 1. The summed E-state index contributed by atoms with van der Waals surface area (Å²) in [6.45, 7) is 4.08. The quantitative estimate of drug-likeness (QED) is 0.459. The lowest BCUT2D eigenvalue weighted by Gasteiger charge is -2.03. The van der Waals surface area contributed by atoms with E-state index in [4.69, 9.17) is 27.6 Å². The van der Waals surface area contributed by atoms with Crippen molar-refractivity contribution in [2.75, 3.05) is 0 Å². The van der Waals surface area contributed by atoms with E-state index in [0.29, 0.717) is 37.9 Å². The minimum absolute atomic E-state index is 0.181. The second-order valence-corrected chi connectivity index (χ2v) is 8.38. The molecule has 4 rings (SSSR count). The summed E-state index contributed by atoms with van der Waals surface area (Å²) in [4.78, 5) is 17.2. The van der Waals surface area contributed by atoms with Crippen molar-refractivity contribution in [3.8, 4) is 11.3 Å². The predicted octanol–water partition coefficient (Wildman–Crippen LogP) is 7.40. The number of amides is 1. The predicted molar refractivity (Wildman–Crippen MR) is 121 cm³/mol. The molecule has 0 aliphatic carbocycles. The summed E-state index contributed by atoms with van der Waals surface area (Å²) in [5.74, 6) is 1.63. The highest BCUT2D eigenvalue weighted by Crippen LogP contribution is 2.36. The van der Waals surface area contributed by atoms with Crippen LogP contribution in [0.2, 0.25) is 10.0 Å². The van der Waals surface area contributed by atoms with Gasteiger partial charge in [0.15, 0.2) is 0 Å². The van der Waals surface area contributed by atoms with Crippen LogP contribution in [-0.4, -0.2) is 11.1 Å². The fourth-order valence-corrected chi connectivity index (χ4v) is 4.16. The standard InChI is InChI=1S/C22H16Cl2N2O2S/c1-12-6-7-14(10-13(12)2)25-21-19(29-22(27)26-21)11-15-8-9-18(28-15)20-16(23)4-3-5-17(20)24/h3-11H,1-2H3,(H,25,26,27)/b19-11-. The van der Waals surface area contributed by atoms with Gasteiger partial charge in [-0.1, -0.05) is 35.3 Å². The Hall–Kier alpha value is -2.47. The lowest BCUT2D eigenvalue weighted by molar-refractivity contribution is 0.265. The molecule has 1 aromatic heterocycles. The highest BCUT2D eigenvalue weighted by atomic mass is 35.5. The zero-order valence-electron chi connectivity index (χ0n) is 15.6. The summed E-state index contributed by atoms with van der Waals surface area (Å²) in [6, 6.07) is 14.8. The molecule has 4 nitrogen and oxygen atoms in total. The molecular weight excluding hydrogens is 427 g/mol. The zero-order valence-corrected chi connectivity index (χ0v) is 18.0. The normalized spacial score (nSPS) is 16.6. The minimum atomic E-state index is -0.181. The Bertz CT molecular complexity index is 1160. The van der Waals surface area contributed by atoms with Crippen LogP contribution in [0.25, 0.3) is 17.4 Å². The number of nitrogens with one attached hydrogen (secondary N) is 1. The molecule has 1 aliphatic heterocycles. The summed E-state index contributed by atoms with van der Waals surface area (Å²) in [6.07, 6.45) is 1.77. The molecule has 29 heavy (non-hydrogen) atoms. The van der Waals surface area contributed by atoms with Crippen LogP contribution >= 0.6 is 35.0 Å². The first-order valence-electron chi connectivity index (χ1n) is 8.82. The van der Waals surface area contributed by atoms with E-state index in [0.717, 1.165) is 23.0 Å². The molecule has 1 N–H and O–H groups in total. The number of amidine groups is 1. The van der Waals surface area contributed by atoms with Crippen LogP contribution in [0.1, 0.15) is 16.9 Å². The third kappa shape index (κ3) is 4.27. The van der Waals surface area contributed by atoms with Crippen LogP contribution in [0.3, 0.4) is 0 Å². The van der Waals surface area contributed by atoms with Gasteiger partial charge in [-0.3, -0.25) is 4.79 Å². The maximum absolute atomic E-state index is 11.9. The summed E-state index contributed by atoms with van der Waals surface area (Å²) >= 11 is 13.6. The Balaban J connectivity index is 1.68. The number of hydrogen-bond acceptors (Lipinski definition) is 4. The van der Waals surface area contributed by atoms with Crippen molar-refractivity contribution >= 4 is 57.8 Å². The molecule has 1 saturated heterocycles. The number of nitrogens with zero attached hydrogens (tertiary/aromatic N) is 1. The van der Waals surface area contributed by atoms with Gasteiger partial charge in [-0.15, -0.1) is 0 Å². The molecule has 7 heteroatoms. The van der Waals surface area contributed by atoms with Crippen LogP contribution in [-0.2, 0) is 0 Å². The topological polar surface area (TPSA) is 54.6 Å². The highest BCUT2D eigenvalue weighted by molar-refractivity contribution is 8.18. The molecule has 0 atom stereocenters. The van der Waals surface area contributed by atoms with E-state index in [2.05, 4.69) is 10.3 Å². The number of halogens is 2. The number of thioether (sulfide) groups is 1. The van der Waals surface area contributed by atoms with Crippen LogP contribution in [0.5, 0.6) is 0 Å². The molecule has 1 amide bonds. The summed E-state index contributed by atoms with van der Waals surface area (Å²) in [5.41, 5.74) is 3.75. The Morgan fingerprint density at radius 3 is 2.52 bits per heavy atom. The Morgan fingerprint density at radius 2 is 1.79 bits per heavy atom. The van der Waals surface area contributed by atoms with Crippen LogP contribution in [0.4, 0.5) is 10.5 Å². The van der Waals surface area contributed by atoms with Gasteiger partial charge < -0.3 is 9.73 Å². The number of hydrogen-bond donors (Lipinski definition) is 1. The van der Waals surface area contributed by atoms with Gasteiger partial charge in [-0.2, -0.15) is 0 Å². The van der Waals surface area contributed by atoms with Crippen molar-refractivity contribution in [2.45, 2.75) is 13.8 Å². The van der Waals surface area contributed by atoms with Crippen LogP contribution in [0.15, 0.2) is 62.8 Å². The summed E-state index contributed by atoms with van der Waals surface area (Å²) < 4.78 is 5.91. The van der Waals surface area contributed by atoms with Gasteiger partial charge in [0.1, 0.15) is 17.4 Å². The highest BCUT2D eigenvalue weighted by Gasteiger charge is 2.24. The number of carbonyl (C=O) groups excluding carboxylic acids is 1. The van der Waals surface area contributed by atoms with Gasteiger partial charge in [0.2, 0.25) is 0 Å². The van der Waals surface area contributed by atoms with E-state index in [-0.39, 0.29) is 5.24 Å². The molecule has 0 bridgehead atoms. The van der Waals surface area contributed by atoms with Crippen LogP contribution < -0.4 is 5.32 Å². The first kappa shape index (κ1) is 19.8. The van der Waals surface area contributed by atoms with E-state index in [1.165, 1.54) is 5.56 Å². The third-order valence-corrected chi connectivity index (χ3v) is 5.95. The Morgan fingerprint density at radius 1 is 1.03 bits per heavy atom. The SMILES string of the molecule is Cc1ccc(N=C2NC(=O)S/C2=C\c2ccc(-c3c(Cl)cccc3Cl)o2)cc1C. The first-order chi connectivity index (χ1) is 13.9. The molecule has 1 aliphatic rings. The molecule has 0 spiro atoms. The number of furan rings is 1. The summed E-state index contributed by atoms with van der Waals surface area (Å²) in [5, 5.41) is 3.62. The molecule has 0 saturated carbocycles. The third-order valence-electron chi connectivity index (χ3n) is 4.50. The van der Waals surface area contributed by atoms with Crippen molar-refractivity contribution in [3.63, 3.8) is 0 Å². The number of aliphatic imine (C=N–C) groups is 1. The fourth-order valence-electron chi connectivity index (χ4n) is 2.86. The molecular formula is C22H16Cl2N2O2S. The monoisotopic (exact) mass is 442 g/mol. The van der Waals surface area contributed by atoms with Crippen LogP contribution in [0, 0.1) is 13.8 Å². The average Bonchev–Trinajstić information content (AvgIpc) is 3.25. The molecule has 3 aromatic rings. The Kier molecular flexibility index (Phi) is 5.54. The molecule has 0 unspecified atom stereocenters. The average molecular weight is 443 g/mol. The van der Waals surface area contributed by atoms with Crippen molar-refractivity contribution in [3.05, 3.63) is 80.4 Å². The number of rotatable bonds is 3. The maximum atomic E-state index is 11.9. The molecule has 0 radical (unpaired) electrons. The van der Waals surface area contributed by atoms with Gasteiger partial charge in [0.05, 0.1) is 26.2 Å². The van der Waals surface area contributed by atoms with Gasteiger partial charge in [-0.05, 0) is 79.2 Å². The first-order valence-corrected chi connectivity index (χ1v) is 10.4. The van der Waals surface area contributed by atoms with Crippen molar-refractivity contribution in [1.82, 2.24) is 5.32 Å². The fraction of sp³-hybridized carbons (Fsp3) is 0.0909. The van der Waals surface area contributed by atoms with E-state index in [1.807, 2.05) is 32.0 Å². The molecule has 146 valence electrons. The van der Waals surface area contributed by atoms with Crippen molar-refractivity contribution in [2.24, 2.45) is 4.99 Å². The van der Waals surface area contributed by atoms with E-state index < -0.39 is 0 Å². The second-order valence-electron chi connectivity index (χ2n) is 6.55. The number of benzene rings is 2. The van der Waals surface area contributed by atoms with Crippen molar-refractivity contribution in [1.29, 1.82) is 0 Å². The van der Waals surface area contributed by atoms with Gasteiger partial charge in [0.25, 0.3) is 5.24 Å². The lowest BCUT2D eigenvalue weighted by Crippen LogP contribution is -2.18.